The Kier molecular flexibility index (Phi) is 3.93. The Morgan fingerprint density at radius 2 is 2.25 bits per heavy atom. The third-order valence-electron chi connectivity index (χ3n) is 1.98. The first-order chi connectivity index (χ1) is 5.74. The summed E-state index contributed by atoms with van der Waals surface area (Å²) in [5, 5.41) is 1.47. The Labute approximate surface area is 80.1 Å². The van der Waals surface area contributed by atoms with E-state index >= 15 is 0 Å². The van der Waals surface area contributed by atoms with Crippen LogP contribution in [0.5, 0.6) is 0 Å². The first-order valence-corrected chi connectivity index (χ1v) is 5.70. The van der Waals surface area contributed by atoms with Gasteiger partial charge >= 0.3 is 0 Å². The van der Waals surface area contributed by atoms with Crippen molar-refractivity contribution < 1.29 is 0 Å². The summed E-state index contributed by atoms with van der Waals surface area (Å²) in [4.78, 5) is 0. The summed E-state index contributed by atoms with van der Waals surface area (Å²) in [6, 6.07) is 0. The van der Waals surface area contributed by atoms with E-state index in [0.29, 0.717) is 0 Å². The summed E-state index contributed by atoms with van der Waals surface area (Å²) in [7, 11) is 0. The van der Waals surface area contributed by atoms with Gasteiger partial charge in [-0.05, 0) is 23.7 Å². The van der Waals surface area contributed by atoms with Crippen LogP contribution in [0.2, 0.25) is 0 Å². The van der Waals surface area contributed by atoms with Gasteiger partial charge in [0.2, 0.25) is 0 Å². The van der Waals surface area contributed by atoms with E-state index in [1.54, 1.807) is 0 Å². The van der Waals surface area contributed by atoms with E-state index in [1.165, 1.54) is 12.0 Å². The Hall–Kier alpha value is -0.170. The standard InChI is InChI=1S/C11H18S/c1-4-11(12-9(2)3)10-7-5-6-8-10/h5,7-9,11H,4,6H2,1-3H3. The zero-order valence-electron chi connectivity index (χ0n) is 8.21. The summed E-state index contributed by atoms with van der Waals surface area (Å²) >= 11 is 2.08. The molecule has 0 saturated heterocycles. The summed E-state index contributed by atoms with van der Waals surface area (Å²) in [5.41, 5.74) is 1.54. The SMILES string of the molecule is CCC(SC(C)C)C1=CCC=C1. The van der Waals surface area contributed by atoms with Crippen LogP contribution in [0.15, 0.2) is 23.8 Å². The van der Waals surface area contributed by atoms with Crippen LogP contribution in [0.25, 0.3) is 0 Å². The summed E-state index contributed by atoms with van der Waals surface area (Å²) in [6.45, 7) is 6.81. The second kappa shape index (κ2) is 4.76. The topological polar surface area (TPSA) is 0 Å². The van der Waals surface area contributed by atoms with E-state index in [-0.39, 0.29) is 0 Å². The van der Waals surface area contributed by atoms with Crippen LogP contribution >= 0.6 is 11.8 Å². The number of thioether (sulfide) groups is 1. The molecule has 1 unspecified atom stereocenters. The number of hydrogen-bond donors (Lipinski definition) is 0. The average molecular weight is 182 g/mol. The van der Waals surface area contributed by atoms with E-state index in [1.807, 2.05) is 0 Å². The quantitative estimate of drug-likeness (QED) is 0.637. The maximum absolute atomic E-state index is 2.35. The van der Waals surface area contributed by atoms with Crippen molar-refractivity contribution in [3.05, 3.63) is 23.8 Å². The normalized spacial score (nSPS) is 18.5. The van der Waals surface area contributed by atoms with Crippen LogP contribution in [-0.2, 0) is 0 Å². The maximum atomic E-state index is 2.35. The number of hydrogen-bond acceptors (Lipinski definition) is 1. The fourth-order valence-electron chi connectivity index (χ4n) is 1.45. The molecule has 0 radical (unpaired) electrons. The molecule has 0 spiro atoms. The molecule has 0 nitrogen and oxygen atoms in total. The van der Waals surface area contributed by atoms with Gasteiger partial charge in [-0.25, -0.2) is 0 Å². The fourth-order valence-corrected chi connectivity index (χ4v) is 2.64. The highest BCUT2D eigenvalue weighted by Crippen LogP contribution is 2.29. The van der Waals surface area contributed by atoms with Gasteiger partial charge in [0.25, 0.3) is 0 Å². The van der Waals surface area contributed by atoms with E-state index in [9.17, 15) is 0 Å². The third-order valence-corrected chi connectivity index (χ3v) is 3.46. The second-order valence-electron chi connectivity index (χ2n) is 3.42. The van der Waals surface area contributed by atoms with Crippen molar-refractivity contribution in [1.82, 2.24) is 0 Å². The molecule has 0 aromatic carbocycles. The van der Waals surface area contributed by atoms with Crippen molar-refractivity contribution in [2.75, 3.05) is 0 Å². The lowest BCUT2D eigenvalue weighted by molar-refractivity contribution is 0.933. The van der Waals surface area contributed by atoms with Crippen molar-refractivity contribution >= 4 is 11.8 Å². The number of allylic oxidation sites excluding steroid dienone is 3. The lowest BCUT2D eigenvalue weighted by atomic mass is 10.1. The van der Waals surface area contributed by atoms with Gasteiger partial charge in [0.1, 0.15) is 0 Å². The van der Waals surface area contributed by atoms with Crippen molar-refractivity contribution in [2.45, 2.75) is 44.1 Å². The molecule has 0 fully saturated rings. The Morgan fingerprint density at radius 1 is 1.50 bits per heavy atom. The molecule has 1 aliphatic rings. The second-order valence-corrected chi connectivity index (χ2v) is 5.21. The summed E-state index contributed by atoms with van der Waals surface area (Å²) in [5.74, 6) is 0. The first kappa shape index (κ1) is 9.91. The van der Waals surface area contributed by atoms with Gasteiger partial charge in [-0.3, -0.25) is 0 Å². The molecule has 1 heteroatoms. The number of rotatable bonds is 4. The molecule has 1 aliphatic carbocycles. The minimum absolute atomic E-state index is 0.726. The first-order valence-electron chi connectivity index (χ1n) is 4.76. The van der Waals surface area contributed by atoms with Gasteiger partial charge in [0, 0.05) is 5.25 Å². The van der Waals surface area contributed by atoms with Crippen LogP contribution in [0.3, 0.4) is 0 Å². The molecule has 0 heterocycles. The van der Waals surface area contributed by atoms with Gasteiger partial charge in [-0.1, -0.05) is 39.0 Å². The Balaban J connectivity index is 2.49. The molecule has 0 saturated carbocycles. The molecular formula is C11H18S. The zero-order chi connectivity index (χ0) is 8.97. The molecule has 68 valence electrons. The molecule has 0 aromatic rings. The maximum Gasteiger partial charge on any atom is 0.0294 e. The minimum atomic E-state index is 0.726. The molecule has 0 bridgehead atoms. The minimum Gasteiger partial charge on any atom is -0.151 e. The van der Waals surface area contributed by atoms with Crippen LogP contribution < -0.4 is 0 Å². The molecule has 1 atom stereocenters. The lowest BCUT2D eigenvalue weighted by Gasteiger charge is -2.16. The Morgan fingerprint density at radius 3 is 2.67 bits per heavy atom. The molecule has 0 N–H and O–H groups in total. The Bertz CT molecular complexity index is 189. The highest BCUT2D eigenvalue weighted by Gasteiger charge is 2.13. The van der Waals surface area contributed by atoms with Gasteiger partial charge in [-0.2, -0.15) is 11.8 Å². The van der Waals surface area contributed by atoms with Crippen LogP contribution in [-0.4, -0.2) is 10.5 Å². The van der Waals surface area contributed by atoms with Gasteiger partial charge in [-0.15, -0.1) is 0 Å². The molecule has 0 amide bonds. The van der Waals surface area contributed by atoms with E-state index in [4.69, 9.17) is 0 Å². The summed E-state index contributed by atoms with van der Waals surface area (Å²) in [6.07, 6.45) is 9.27. The van der Waals surface area contributed by atoms with Gasteiger partial charge < -0.3 is 0 Å². The predicted molar refractivity (Wildman–Crippen MR) is 58.6 cm³/mol. The molecule has 1 rings (SSSR count). The largest absolute Gasteiger partial charge is 0.151 e. The zero-order valence-corrected chi connectivity index (χ0v) is 9.03. The van der Waals surface area contributed by atoms with E-state index < -0.39 is 0 Å². The monoisotopic (exact) mass is 182 g/mol. The van der Waals surface area contributed by atoms with Crippen LogP contribution in [0, 0.1) is 0 Å². The van der Waals surface area contributed by atoms with Gasteiger partial charge in [0.05, 0.1) is 0 Å². The van der Waals surface area contributed by atoms with Crippen molar-refractivity contribution in [3.8, 4) is 0 Å². The van der Waals surface area contributed by atoms with Crippen molar-refractivity contribution in [2.24, 2.45) is 0 Å². The molecule has 12 heavy (non-hydrogen) atoms. The average Bonchev–Trinajstić information content (AvgIpc) is 2.51. The highest BCUT2D eigenvalue weighted by atomic mass is 32.2. The fraction of sp³-hybridized carbons (Fsp3) is 0.636. The molecular weight excluding hydrogens is 164 g/mol. The van der Waals surface area contributed by atoms with Crippen LogP contribution in [0.1, 0.15) is 33.6 Å². The van der Waals surface area contributed by atoms with Crippen molar-refractivity contribution in [3.63, 3.8) is 0 Å². The molecule has 0 aromatic heterocycles. The van der Waals surface area contributed by atoms with Crippen molar-refractivity contribution in [1.29, 1.82) is 0 Å². The third kappa shape index (κ3) is 2.71. The summed E-state index contributed by atoms with van der Waals surface area (Å²) < 4.78 is 0. The van der Waals surface area contributed by atoms with E-state index in [2.05, 4.69) is 50.8 Å². The van der Waals surface area contributed by atoms with Gasteiger partial charge in [0.15, 0.2) is 0 Å². The highest BCUT2D eigenvalue weighted by molar-refractivity contribution is 8.00. The smallest absolute Gasteiger partial charge is 0.0294 e. The molecule has 0 aliphatic heterocycles. The van der Waals surface area contributed by atoms with Crippen LogP contribution in [0.4, 0.5) is 0 Å². The lowest BCUT2D eigenvalue weighted by Crippen LogP contribution is -2.06. The van der Waals surface area contributed by atoms with E-state index in [0.717, 1.165) is 16.9 Å². The predicted octanol–water partition coefficient (Wildman–Crippen LogP) is 3.79.